The van der Waals surface area contributed by atoms with Crippen LogP contribution in [0.25, 0.3) is 45.1 Å². The highest BCUT2D eigenvalue weighted by Crippen LogP contribution is 2.33. The molecule has 4 aromatic heterocycles. The van der Waals surface area contributed by atoms with Gasteiger partial charge in [0, 0.05) is 51.5 Å². The van der Waals surface area contributed by atoms with Crippen molar-refractivity contribution >= 4 is 22.3 Å². The molecule has 0 amide bonds. The first-order valence-electron chi connectivity index (χ1n) is 17.7. The Morgan fingerprint density at radius 3 is 1.58 bits per heavy atom. The maximum Gasteiger partial charge on any atom is 0.332 e. The van der Waals surface area contributed by atoms with E-state index in [0.29, 0.717) is 58.1 Å². The number of aryl methyl sites for hydroxylation is 2. The molecule has 4 heterocycles. The van der Waals surface area contributed by atoms with Crippen LogP contribution in [0.3, 0.4) is 0 Å². The Labute approximate surface area is 322 Å². The highest BCUT2D eigenvalue weighted by molar-refractivity contribution is 5.77. The summed E-state index contributed by atoms with van der Waals surface area (Å²) in [6, 6.07) is 27.7. The molecular weight excluding hydrogens is 732 g/mol. The van der Waals surface area contributed by atoms with E-state index in [1.807, 2.05) is 48.5 Å². The fourth-order valence-corrected chi connectivity index (χ4v) is 6.43. The molecule has 4 aromatic carbocycles. The van der Waals surface area contributed by atoms with Crippen LogP contribution >= 0.6 is 0 Å². The molecule has 288 valence electrons. The predicted molar refractivity (Wildman–Crippen MR) is 212 cm³/mol. The third-order valence-corrected chi connectivity index (χ3v) is 9.52. The van der Waals surface area contributed by atoms with Gasteiger partial charge in [0.1, 0.15) is 64.6 Å². The van der Waals surface area contributed by atoms with E-state index < -0.39 is 22.5 Å². The molecular formula is C41H36N8O8. The molecule has 0 atom stereocenters. The second kappa shape index (κ2) is 14.6. The molecule has 0 aliphatic heterocycles. The topological polar surface area (TPSA) is 182 Å². The first-order valence-corrected chi connectivity index (χ1v) is 17.7. The van der Waals surface area contributed by atoms with E-state index in [1.165, 1.54) is 30.3 Å². The molecule has 2 N–H and O–H groups in total. The average molecular weight is 769 g/mol. The number of ether oxygens (including phenoxy) is 4. The number of hydrogen-bond acceptors (Lipinski definition) is 10. The standard InChI is InChI=1S/C41H36N8O8/c1-46-36-32(38(50)48(3)40(46)52)42-34(44-36)25-15-28(54-5)19-31(18-25)57-27-13-9-12-24(14-27)22-56-30-17-26(16-29(20-30)55-21-23-10-7-6-8-11-23)35-43-33-37(45-35)47(2)41(53)49(4)39(33)51/h6-20H,21-22H2,1-5H3,(H,42,44)(H,43,45). The van der Waals surface area contributed by atoms with Gasteiger partial charge in [0.05, 0.1) is 7.11 Å². The van der Waals surface area contributed by atoms with Gasteiger partial charge in [-0.05, 0) is 47.5 Å². The number of imidazole rings is 2. The van der Waals surface area contributed by atoms with Crippen molar-refractivity contribution in [3.05, 3.63) is 144 Å². The van der Waals surface area contributed by atoms with Crippen molar-refractivity contribution in [2.45, 2.75) is 13.2 Å². The van der Waals surface area contributed by atoms with Crippen LogP contribution in [-0.2, 0) is 41.4 Å². The molecule has 0 aliphatic carbocycles. The van der Waals surface area contributed by atoms with Gasteiger partial charge in [-0.25, -0.2) is 19.6 Å². The highest BCUT2D eigenvalue weighted by Gasteiger charge is 2.18. The first-order chi connectivity index (χ1) is 27.5. The Morgan fingerprint density at radius 1 is 0.526 bits per heavy atom. The maximum absolute atomic E-state index is 12.9. The Morgan fingerprint density at radius 2 is 1.02 bits per heavy atom. The summed E-state index contributed by atoms with van der Waals surface area (Å²) < 4.78 is 29.0. The second-order valence-corrected chi connectivity index (χ2v) is 13.4. The van der Waals surface area contributed by atoms with Crippen molar-refractivity contribution in [3.8, 4) is 51.5 Å². The van der Waals surface area contributed by atoms with Gasteiger partial charge in [-0.3, -0.25) is 27.9 Å². The molecule has 0 bridgehead atoms. The second-order valence-electron chi connectivity index (χ2n) is 13.4. The van der Waals surface area contributed by atoms with Crippen LogP contribution in [0.4, 0.5) is 0 Å². The minimum absolute atomic E-state index is 0.157. The first kappa shape index (κ1) is 36.4. The minimum atomic E-state index is -0.485. The number of H-pyrrole nitrogens is 2. The number of rotatable bonds is 11. The van der Waals surface area contributed by atoms with E-state index in [2.05, 4.69) is 19.9 Å². The summed E-state index contributed by atoms with van der Waals surface area (Å²) in [6.07, 6.45) is 0. The summed E-state index contributed by atoms with van der Waals surface area (Å²) >= 11 is 0. The van der Waals surface area contributed by atoms with Crippen LogP contribution in [-0.4, -0.2) is 45.3 Å². The zero-order chi connectivity index (χ0) is 40.0. The monoisotopic (exact) mass is 768 g/mol. The number of benzene rings is 4. The summed E-state index contributed by atoms with van der Waals surface area (Å²) in [6.45, 7) is 0.461. The Kier molecular flexibility index (Phi) is 9.29. The number of nitrogens with one attached hydrogen (secondary N) is 2. The van der Waals surface area contributed by atoms with Gasteiger partial charge < -0.3 is 28.9 Å². The highest BCUT2D eigenvalue weighted by atomic mass is 16.5. The molecule has 0 fully saturated rings. The molecule has 0 radical (unpaired) electrons. The van der Waals surface area contributed by atoms with Crippen LogP contribution in [0.1, 0.15) is 11.1 Å². The van der Waals surface area contributed by atoms with E-state index in [1.54, 1.807) is 56.6 Å². The molecule has 0 aliphatic rings. The van der Waals surface area contributed by atoms with Gasteiger partial charge in [-0.15, -0.1) is 0 Å². The van der Waals surface area contributed by atoms with Crippen molar-refractivity contribution in [1.29, 1.82) is 0 Å². The largest absolute Gasteiger partial charge is 0.497 e. The van der Waals surface area contributed by atoms with Gasteiger partial charge in [0.2, 0.25) is 0 Å². The summed E-state index contributed by atoms with van der Waals surface area (Å²) in [7, 11) is 7.48. The third-order valence-electron chi connectivity index (χ3n) is 9.52. The van der Waals surface area contributed by atoms with Crippen molar-refractivity contribution in [2.75, 3.05) is 7.11 Å². The normalized spacial score (nSPS) is 11.3. The van der Waals surface area contributed by atoms with Crippen LogP contribution in [0.5, 0.6) is 28.7 Å². The van der Waals surface area contributed by atoms with E-state index >= 15 is 0 Å². The van der Waals surface area contributed by atoms with Crippen molar-refractivity contribution in [1.82, 2.24) is 38.2 Å². The van der Waals surface area contributed by atoms with Crippen molar-refractivity contribution in [3.63, 3.8) is 0 Å². The van der Waals surface area contributed by atoms with E-state index in [9.17, 15) is 19.2 Å². The maximum atomic E-state index is 12.9. The number of aromatic nitrogens is 8. The van der Waals surface area contributed by atoms with Crippen LogP contribution in [0.2, 0.25) is 0 Å². The van der Waals surface area contributed by atoms with Gasteiger partial charge in [-0.1, -0.05) is 42.5 Å². The van der Waals surface area contributed by atoms with Crippen molar-refractivity contribution < 1.29 is 18.9 Å². The fraction of sp³-hybridized carbons (Fsp3) is 0.171. The summed E-state index contributed by atoms with van der Waals surface area (Å²) in [5, 5.41) is 0. The lowest BCUT2D eigenvalue weighted by atomic mass is 10.1. The van der Waals surface area contributed by atoms with E-state index in [-0.39, 0.29) is 28.9 Å². The quantitative estimate of drug-likeness (QED) is 0.190. The molecule has 0 saturated carbocycles. The average Bonchev–Trinajstić information content (AvgIpc) is 3.89. The summed E-state index contributed by atoms with van der Waals surface area (Å²) in [5.74, 6) is 3.15. The Bertz CT molecular complexity index is 3080. The third kappa shape index (κ3) is 6.95. The Hall–Kier alpha value is -7.62. The number of aromatic amines is 2. The number of hydrogen-bond donors (Lipinski definition) is 2. The van der Waals surface area contributed by atoms with Gasteiger partial charge >= 0.3 is 11.4 Å². The summed E-state index contributed by atoms with van der Waals surface area (Å²) in [4.78, 5) is 66.1. The van der Waals surface area contributed by atoms with Crippen molar-refractivity contribution in [2.24, 2.45) is 28.2 Å². The number of nitrogens with zero attached hydrogens (tertiary/aromatic N) is 6. The molecule has 8 aromatic rings. The van der Waals surface area contributed by atoms with E-state index in [4.69, 9.17) is 18.9 Å². The molecule has 0 unspecified atom stereocenters. The van der Waals surface area contributed by atoms with Crippen LogP contribution < -0.4 is 41.4 Å². The predicted octanol–water partition coefficient (Wildman–Crippen LogP) is 4.53. The SMILES string of the molecule is COc1cc(Oc2cccc(COc3cc(OCc4ccccc4)cc(-c4nc5c([nH]4)c(=O)n(C)c(=O)n5C)c3)c2)cc(-c2nc3c([nH]2)c(=O)n(C)c(=O)n3C)c1. The minimum Gasteiger partial charge on any atom is -0.497 e. The van der Waals surface area contributed by atoms with Crippen LogP contribution in [0, 0.1) is 0 Å². The lowest BCUT2D eigenvalue weighted by Gasteiger charge is -2.13. The lowest BCUT2D eigenvalue weighted by Crippen LogP contribution is -2.36. The molecule has 16 heteroatoms. The number of methoxy groups -OCH3 is 1. The molecule has 16 nitrogen and oxygen atoms in total. The van der Waals surface area contributed by atoms with Gasteiger partial charge in [0.15, 0.2) is 11.3 Å². The smallest absolute Gasteiger partial charge is 0.332 e. The molecule has 57 heavy (non-hydrogen) atoms. The van der Waals surface area contributed by atoms with Gasteiger partial charge in [0.25, 0.3) is 11.1 Å². The zero-order valence-electron chi connectivity index (χ0n) is 31.5. The zero-order valence-corrected chi connectivity index (χ0v) is 31.5. The summed E-state index contributed by atoms with van der Waals surface area (Å²) in [5.41, 5.74) is 1.84. The van der Waals surface area contributed by atoms with E-state index in [0.717, 1.165) is 20.3 Å². The molecule has 8 rings (SSSR count). The molecule has 0 saturated heterocycles. The number of fused-ring (bicyclic) bond motifs is 2. The molecule has 0 spiro atoms. The van der Waals surface area contributed by atoms with Crippen LogP contribution in [0.15, 0.2) is 110 Å². The lowest BCUT2D eigenvalue weighted by molar-refractivity contribution is 0.290. The fourth-order valence-electron chi connectivity index (χ4n) is 6.43. The van der Waals surface area contributed by atoms with Gasteiger partial charge in [-0.2, -0.15) is 0 Å². The Balaban J connectivity index is 1.07.